The summed E-state index contributed by atoms with van der Waals surface area (Å²) in [5, 5.41) is 0. The van der Waals surface area contributed by atoms with Crippen molar-refractivity contribution in [1.82, 2.24) is 4.98 Å². The minimum atomic E-state index is -0.431. The van der Waals surface area contributed by atoms with Crippen molar-refractivity contribution in [3.05, 3.63) is 40.4 Å². The molecule has 1 aromatic heterocycles. The summed E-state index contributed by atoms with van der Waals surface area (Å²) in [5.41, 5.74) is 7.56. The lowest BCUT2D eigenvalue weighted by Gasteiger charge is -1.91. The number of nitrogens with two attached hydrogens (primary N) is 1. The van der Waals surface area contributed by atoms with Gasteiger partial charge in [0, 0.05) is 6.54 Å². The number of benzene rings is 1. The van der Waals surface area contributed by atoms with E-state index < -0.39 is 5.76 Å². The van der Waals surface area contributed by atoms with Crippen LogP contribution in [0.1, 0.15) is 5.56 Å². The first kappa shape index (κ1) is 8.77. The first-order chi connectivity index (χ1) is 6.79. The highest BCUT2D eigenvalue weighted by molar-refractivity contribution is 5.75. The minimum Gasteiger partial charge on any atom is -0.408 e. The maximum atomic E-state index is 10.9. The van der Waals surface area contributed by atoms with Crippen LogP contribution in [0.15, 0.2) is 33.5 Å². The van der Waals surface area contributed by atoms with Gasteiger partial charge in [0.15, 0.2) is 5.58 Å². The van der Waals surface area contributed by atoms with Gasteiger partial charge in [0.05, 0.1) is 5.52 Å². The zero-order valence-corrected chi connectivity index (χ0v) is 7.49. The van der Waals surface area contributed by atoms with Crippen molar-refractivity contribution in [3.63, 3.8) is 0 Å². The summed E-state index contributed by atoms with van der Waals surface area (Å²) in [7, 11) is 0. The standard InChI is InChI=1S/C10H10N2O2/c11-5-1-2-7-3-4-8-9(6-7)14-10(13)12-8/h1-4,6H,5,11H2,(H,12,13)/b2-1+. The number of fused-ring (bicyclic) bond motifs is 1. The summed E-state index contributed by atoms with van der Waals surface area (Å²) in [6.07, 6.45) is 3.72. The molecule has 4 heteroatoms. The highest BCUT2D eigenvalue weighted by Crippen LogP contribution is 2.13. The number of aromatic amines is 1. The Balaban J connectivity index is 2.50. The van der Waals surface area contributed by atoms with E-state index in [4.69, 9.17) is 10.2 Å². The SMILES string of the molecule is NC/C=C/c1ccc2[nH]c(=O)oc2c1. The number of rotatable bonds is 2. The van der Waals surface area contributed by atoms with Crippen molar-refractivity contribution >= 4 is 17.2 Å². The number of nitrogens with one attached hydrogen (secondary N) is 1. The number of H-pyrrole nitrogens is 1. The summed E-state index contributed by atoms with van der Waals surface area (Å²) in [6, 6.07) is 5.48. The predicted octanol–water partition coefficient (Wildman–Crippen LogP) is 1.09. The molecule has 2 aromatic rings. The van der Waals surface area contributed by atoms with Gasteiger partial charge in [0.1, 0.15) is 0 Å². The zero-order chi connectivity index (χ0) is 9.97. The molecule has 0 amide bonds. The van der Waals surface area contributed by atoms with E-state index >= 15 is 0 Å². The number of oxazole rings is 1. The van der Waals surface area contributed by atoms with Crippen molar-refractivity contribution in [2.45, 2.75) is 0 Å². The Morgan fingerprint density at radius 2 is 2.36 bits per heavy atom. The topological polar surface area (TPSA) is 72.0 Å². The number of hydrogen-bond donors (Lipinski definition) is 2. The van der Waals surface area contributed by atoms with Crippen molar-refractivity contribution in [3.8, 4) is 0 Å². The van der Waals surface area contributed by atoms with Crippen LogP contribution in [-0.2, 0) is 0 Å². The molecule has 0 unspecified atom stereocenters. The van der Waals surface area contributed by atoms with E-state index in [9.17, 15) is 4.79 Å². The molecule has 0 aliphatic carbocycles. The summed E-state index contributed by atoms with van der Waals surface area (Å²) in [5.74, 6) is -0.431. The van der Waals surface area contributed by atoms with Gasteiger partial charge >= 0.3 is 5.76 Å². The Bertz CT molecular complexity index is 522. The molecule has 0 spiro atoms. The van der Waals surface area contributed by atoms with Gasteiger partial charge in [-0.1, -0.05) is 18.2 Å². The molecule has 0 saturated carbocycles. The van der Waals surface area contributed by atoms with Crippen LogP contribution in [-0.4, -0.2) is 11.5 Å². The molecule has 0 bridgehead atoms. The Labute approximate surface area is 80.0 Å². The summed E-state index contributed by atoms with van der Waals surface area (Å²) < 4.78 is 4.91. The smallest absolute Gasteiger partial charge is 0.408 e. The molecular weight excluding hydrogens is 180 g/mol. The van der Waals surface area contributed by atoms with E-state index in [1.165, 1.54) is 0 Å². The third kappa shape index (κ3) is 1.60. The van der Waals surface area contributed by atoms with Crippen LogP contribution in [0, 0.1) is 0 Å². The maximum Gasteiger partial charge on any atom is 0.417 e. The number of aromatic nitrogens is 1. The lowest BCUT2D eigenvalue weighted by Crippen LogP contribution is -1.92. The van der Waals surface area contributed by atoms with Crippen LogP contribution in [0.5, 0.6) is 0 Å². The molecule has 1 aromatic carbocycles. The van der Waals surface area contributed by atoms with Gasteiger partial charge in [-0.3, -0.25) is 4.98 Å². The highest BCUT2D eigenvalue weighted by atomic mass is 16.4. The van der Waals surface area contributed by atoms with Gasteiger partial charge in [-0.2, -0.15) is 0 Å². The molecule has 3 N–H and O–H groups in total. The fourth-order valence-electron chi connectivity index (χ4n) is 1.27. The highest BCUT2D eigenvalue weighted by Gasteiger charge is 1.99. The first-order valence-corrected chi connectivity index (χ1v) is 4.29. The van der Waals surface area contributed by atoms with E-state index in [2.05, 4.69) is 4.98 Å². The molecule has 2 rings (SSSR count). The molecular formula is C10H10N2O2. The van der Waals surface area contributed by atoms with Crippen LogP contribution in [0.25, 0.3) is 17.2 Å². The fraction of sp³-hybridized carbons (Fsp3) is 0.100. The Morgan fingerprint density at radius 1 is 1.50 bits per heavy atom. The van der Waals surface area contributed by atoms with E-state index in [1.54, 1.807) is 12.1 Å². The molecule has 0 saturated heterocycles. The van der Waals surface area contributed by atoms with Crippen LogP contribution in [0.3, 0.4) is 0 Å². The van der Waals surface area contributed by atoms with E-state index in [1.807, 2.05) is 18.2 Å². The van der Waals surface area contributed by atoms with Crippen molar-refractivity contribution in [2.75, 3.05) is 6.54 Å². The quantitative estimate of drug-likeness (QED) is 0.744. The maximum absolute atomic E-state index is 10.9. The molecule has 0 radical (unpaired) electrons. The van der Waals surface area contributed by atoms with Gasteiger partial charge in [-0.25, -0.2) is 4.79 Å². The van der Waals surface area contributed by atoms with E-state index in [0.29, 0.717) is 17.6 Å². The van der Waals surface area contributed by atoms with Crippen LogP contribution < -0.4 is 11.5 Å². The predicted molar refractivity (Wildman–Crippen MR) is 54.9 cm³/mol. The Morgan fingerprint density at radius 3 is 3.14 bits per heavy atom. The molecule has 14 heavy (non-hydrogen) atoms. The fourth-order valence-corrected chi connectivity index (χ4v) is 1.27. The van der Waals surface area contributed by atoms with E-state index in [-0.39, 0.29) is 0 Å². The lowest BCUT2D eigenvalue weighted by molar-refractivity contribution is 0.555. The second-order valence-corrected chi connectivity index (χ2v) is 2.91. The van der Waals surface area contributed by atoms with Gasteiger partial charge in [0.25, 0.3) is 0 Å². The third-order valence-corrected chi connectivity index (χ3v) is 1.89. The van der Waals surface area contributed by atoms with Gasteiger partial charge in [-0.05, 0) is 17.7 Å². The zero-order valence-electron chi connectivity index (χ0n) is 7.49. The van der Waals surface area contributed by atoms with Crippen molar-refractivity contribution < 1.29 is 4.42 Å². The lowest BCUT2D eigenvalue weighted by atomic mass is 10.2. The number of hydrogen-bond acceptors (Lipinski definition) is 3. The molecule has 4 nitrogen and oxygen atoms in total. The third-order valence-electron chi connectivity index (χ3n) is 1.89. The van der Waals surface area contributed by atoms with Gasteiger partial charge < -0.3 is 10.2 Å². The summed E-state index contributed by atoms with van der Waals surface area (Å²) in [4.78, 5) is 13.4. The monoisotopic (exact) mass is 190 g/mol. The molecule has 72 valence electrons. The molecule has 0 atom stereocenters. The van der Waals surface area contributed by atoms with Gasteiger partial charge in [-0.15, -0.1) is 0 Å². The normalized spacial score (nSPS) is 11.5. The largest absolute Gasteiger partial charge is 0.417 e. The average molecular weight is 190 g/mol. The Kier molecular flexibility index (Phi) is 2.20. The molecule has 1 heterocycles. The van der Waals surface area contributed by atoms with Crippen LogP contribution in [0.4, 0.5) is 0 Å². The second-order valence-electron chi connectivity index (χ2n) is 2.91. The average Bonchev–Trinajstić information content (AvgIpc) is 2.54. The summed E-state index contributed by atoms with van der Waals surface area (Å²) >= 11 is 0. The van der Waals surface area contributed by atoms with Crippen LogP contribution >= 0.6 is 0 Å². The molecule has 0 fully saturated rings. The molecule has 0 aliphatic heterocycles. The first-order valence-electron chi connectivity index (χ1n) is 4.29. The second kappa shape index (κ2) is 3.51. The Hall–Kier alpha value is -1.81. The van der Waals surface area contributed by atoms with Gasteiger partial charge in [0.2, 0.25) is 0 Å². The minimum absolute atomic E-state index is 0.431. The van der Waals surface area contributed by atoms with E-state index in [0.717, 1.165) is 5.56 Å². The van der Waals surface area contributed by atoms with Crippen LogP contribution in [0.2, 0.25) is 0 Å². The van der Waals surface area contributed by atoms with Crippen molar-refractivity contribution in [1.29, 1.82) is 0 Å². The molecule has 0 aliphatic rings. The van der Waals surface area contributed by atoms with Crippen molar-refractivity contribution in [2.24, 2.45) is 5.73 Å². The summed E-state index contributed by atoms with van der Waals surface area (Å²) in [6.45, 7) is 0.495.